The highest BCUT2D eigenvalue weighted by molar-refractivity contribution is 5.80. The topological polar surface area (TPSA) is 49.3 Å². The maximum absolute atomic E-state index is 10.7. The van der Waals surface area contributed by atoms with Crippen molar-refractivity contribution in [3.63, 3.8) is 0 Å². The van der Waals surface area contributed by atoms with Crippen molar-refractivity contribution in [3.8, 4) is 0 Å². The molecule has 1 heterocycles. The molecule has 0 spiro atoms. The van der Waals surface area contributed by atoms with Crippen LogP contribution in [-0.4, -0.2) is 30.1 Å². The highest BCUT2D eigenvalue weighted by Gasteiger charge is 2.25. The number of carbonyl (C=O) groups is 1. The van der Waals surface area contributed by atoms with Crippen LogP contribution in [-0.2, 0) is 4.79 Å². The lowest BCUT2D eigenvalue weighted by molar-refractivity contribution is -0.127. The molecule has 10 heavy (non-hydrogen) atoms. The van der Waals surface area contributed by atoms with Crippen molar-refractivity contribution < 1.29 is 9.90 Å². The molecule has 1 fully saturated rings. The first-order valence-electron chi connectivity index (χ1n) is 3.61. The third-order valence-corrected chi connectivity index (χ3v) is 1.96. The zero-order valence-corrected chi connectivity index (χ0v) is 6.13. The van der Waals surface area contributed by atoms with E-state index in [9.17, 15) is 9.90 Å². The number of aliphatic hydroxyl groups is 1. The van der Waals surface area contributed by atoms with E-state index in [0.717, 1.165) is 19.5 Å². The van der Waals surface area contributed by atoms with E-state index < -0.39 is 6.10 Å². The number of nitrogens with one attached hydrogen (secondary N) is 1. The first kappa shape index (κ1) is 7.69. The lowest BCUT2D eigenvalue weighted by atomic mass is 9.99. The van der Waals surface area contributed by atoms with E-state index in [4.69, 9.17) is 0 Å². The van der Waals surface area contributed by atoms with Crippen LogP contribution in [0.3, 0.4) is 0 Å². The summed E-state index contributed by atoms with van der Waals surface area (Å²) < 4.78 is 0. The summed E-state index contributed by atoms with van der Waals surface area (Å²) in [5.41, 5.74) is 0. The van der Waals surface area contributed by atoms with Crippen LogP contribution in [0, 0.1) is 5.92 Å². The zero-order valence-electron chi connectivity index (χ0n) is 6.13. The number of ketones is 1. The Bertz CT molecular complexity index is 130. The Morgan fingerprint density at radius 2 is 2.50 bits per heavy atom. The summed E-state index contributed by atoms with van der Waals surface area (Å²) in [7, 11) is 0. The Morgan fingerprint density at radius 3 is 2.90 bits per heavy atom. The third kappa shape index (κ3) is 1.55. The van der Waals surface area contributed by atoms with Crippen molar-refractivity contribution in [3.05, 3.63) is 0 Å². The maximum Gasteiger partial charge on any atom is 0.158 e. The highest BCUT2D eigenvalue weighted by Crippen LogP contribution is 2.12. The summed E-state index contributed by atoms with van der Waals surface area (Å²) in [6, 6.07) is 0. The quantitative estimate of drug-likeness (QED) is 0.550. The third-order valence-electron chi connectivity index (χ3n) is 1.96. The van der Waals surface area contributed by atoms with Gasteiger partial charge in [-0.1, -0.05) is 0 Å². The maximum atomic E-state index is 10.7. The second kappa shape index (κ2) is 3.12. The van der Waals surface area contributed by atoms with Gasteiger partial charge in [0.25, 0.3) is 0 Å². The highest BCUT2D eigenvalue weighted by atomic mass is 16.3. The molecule has 0 bridgehead atoms. The van der Waals surface area contributed by atoms with Crippen LogP contribution in [0.4, 0.5) is 0 Å². The smallest absolute Gasteiger partial charge is 0.158 e. The first-order chi connectivity index (χ1) is 4.72. The molecule has 0 aromatic heterocycles. The molecule has 2 N–H and O–H groups in total. The summed E-state index contributed by atoms with van der Waals surface area (Å²) in [6.07, 6.45) is 0.177. The standard InChI is InChI=1S/C7H13NO2/c1-5(9)7(10)6-2-3-8-4-6/h6-8,10H,2-4H2,1H3. The van der Waals surface area contributed by atoms with Gasteiger partial charge in [0.2, 0.25) is 0 Å². The van der Waals surface area contributed by atoms with Crippen LogP contribution in [0.15, 0.2) is 0 Å². The Morgan fingerprint density at radius 1 is 1.80 bits per heavy atom. The largest absolute Gasteiger partial charge is 0.385 e. The van der Waals surface area contributed by atoms with Gasteiger partial charge in [0.1, 0.15) is 6.10 Å². The molecule has 3 nitrogen and oxygen atoms in total. The lowest BCUT2D eigenvalue weighted by Gasteiger charge is -2.12. The minimum Gasteiger partial charge on any atom is -0.385 e. The number of aliphatic hydroxyl groups excluding tert-OH is 1. The number of carbonyl (C=O) groups excluding carboxylic acids is 1. The van der Waals surface area contributed by atoms with Gasteiger partial charge in [0, 0.05) is 12.5 Å². The monoisotopic (exact) mass is 143 g/mol. The van der Waals surface area contributed by atoms with E-state index in [1.807, 2.05) is 0 Å². The first-order valence-corrected chi connectivity index (χ1v) is 3.61. The Balaban J connectivity index is 2.39. The minimum atomic E-state index is -0.741. The Labute approximate surface area is 60.4 Å². The number of Topliss-reactive ketones (excluding diaryl/α,β-unsaturated/α-hetero) is 1. The molecule has 0 saturated carbocycles. The summed E-state index contributed by atoms with van der Waals surface area (Å²) >= 11 is 0. The van der Waals surface area contributed by atoms with E-state index in [1.54, 1.807) is 0 Å². The Hall–Kier alpha value is -0.410. The summed E-state index contributed by atoms with van der Waals surface area (Å²) in [5, 5.41) is 12.3. The fourth-order valence-electron chi connectivity index (χ4n) is 1.28. The van der Waals surface area contributed by atoms with Crippen LogP contribution >= 0.6 is 0 Å². The SMILES string of the molecule is CC(=O)C(O)C1CCNC1. The van der Waals surface area contributed by atoms with Gasteiger partial charge in [-0.3, -0.25) is 4.79 Å². The predicted molar refractivity (Wildman–Crippen MR) is 37.7 cm³/mol. The van der Waals surface area contributed by atoms with E-state index in [0.29, 0.717) is 0 Å². The van der Waals surface area contributed by atoms with Crippen molar-refractivity contribution in [1.29, 1.82) is 0 Å². The van der Waals surface area contributed by atoms with E-state index in [-0.39, 0.29) is 11.7 Å². The van der Waals surface area contributed by atoms with Gasteiger partial charge in [-0.05, 0) is 19.9 Å². The molecule has 0 amide bonds. The molecular weight excluding hydrogens is 130 g/mol. The normalized spacial score (nSPS) is 28.4. The van der Waals surface area contributed by atoms with E-state index in [2.05, 4.69) is 5.32 Å². The molecule has 1 aliphatic rings. The molecule has 3 heteroatoms. The fourth-order valence-corrected chi connectivity index (χ4v) is 1.28. The molecule has 0 aliphatic carbocycles. The van der Waals surface area contributed by atoms with Crippen molar-refractivity contribution in [2.45, 2.75) is 19.4 Å². The molecule has 0 radical (unpaired) electrons. The second-order valence-corrected chi connectivity index (χ2v) is 2.81. The lowest BCUT2D eigenvalue weighted by Crippen LogP contribution is -2.28. The fraction of sp³-hybridized carbons (Fsp3) is 0.857. The predicted octanol–water partition coefficient (Wildman–Crippen LogP) is -0.454. The van der Waals surface area contributed by atoms with Crippen LogP contribution in [0.5, 0.6) is 0 Å². The molecule has 58 valence electrons. The molecule has 0 aromatic rings. The van der Waals surface area contributed by atoms with Gasteiger partial charge in [-0.2, -0.15) is 0 Å². The second-order valence-electron chi connectivity index (χ2n) is 2.81. The van der Waals surface area contributed by atoms with Gasteiger partial charge in [-0.25, -0.2) is 0 Å². The average molecular weight is 143 g/mol. The van der Waals surface area contributed by atoms with Gasteiger partial charge >= 0.3 is 0 Å². The van der Waals surface area contributed by atoms with Crippen molar-refractivity contribution in [2.75, 3.05) is 13.1 Å². The Kier molecular flexibility index (Phi) is 2.40. The van der Waals surface area contributed by atoms with Crippen molar-refractivity contribution in [2.24, 2.45) is 5.92 Å². The van der Waals surface area contributed by atoms with Crippen molar-refractivity contribution >= 4 is 5.78 Å². The number of hydrogen-bond donors (Lipinski definition) is 2. The van der Waals surface area contributed by atoms with Gasteiger partial charge in [-0.15, -0.1) is 0 Å². The summed E-state index contributed by atoms with van der Waals surface area (Å²) in [5.74, 6) is 0.0335. The molecule has 2 atom stereocenters. The molecular formula is C7H13NO2. The minimum absolute atomic E-state index is 0.117. The van der Waals surface area contributed by atoms with Gasteiger partial charge < -0.3 is 10.4 Å². The van der Waals surface area contributed by atoms with E-state index >= 15 is 0 Å². The van der Waals surface area contributed by atoms with Crippen molar-refractivity contribution in [1.82, 2.24) is 5.32 Å². The molecule has 1 aliphatic heterocycles. The van der Waals surface area contributed by atoms with Crippen LogP contribution < -0.4 is 5.32 Å². The van der Waals surface area contributed by atoms with Gasteiger partial charge in [0.05, 0.1) is 0 Å². The van der Waals surface area contributed by atoms with Crippen LogP contribution in [0.25, 0.3) is 0 Å². The molecule has 2 unspecified atom stereocenters. The summed E-state index contributed by atoms with van der Waals surface area (Å²) in [6.45, 7) is 3.14. The number of rotatable bonds is 2. The zero-order chi connectivity index (χ0) is 7.56. The molecule has 0 aromatic carbocycles. The number of hydrogen-bond acceptors (Lipinski definition) is 3. The van der Waals surface area contributed by atoms with Crippen LogP contribution in [0.1, 0.15) is 13.3 Å². The summed E-state index contributed by atoms with van der Waals surface area (Å²) in [4.78, 5) is 10.7. The average Bonchev–Trinajstić information content (AvgIpc) is 2.36. The van der Waals surface area contributed by atoms with Gasteiger partial charge in [0.15, 0.2) is 5.78 Å². The molecule has 1 rings (SSSR count). The van der Waals surface area contributed by atoms with E-state index in [1.165, 1.54) is 6.92 Å². The van der Waals surface area contributed by atoms with Crippen LogP contribution in [0.2, 0.25) is 0 Å². The molecule has 1 saturated heterocycles.